The molecule has 1 fully saturated rings. The molecule has 1 aliphatic heterocycles. The van der Waals surface area contributed by atoms with Crippen LogP contribution in [-0.2, 0) is 11.2 Å². The molecule has 5 rings (SSSR count). The highest BCUT2D eigenvalue weighted by atomic mass is 19.1. The Hall–Kier alpha value is -3.52. The number of morpholine rings is 1. The number of para-hydroxylation sites is 1. The van der Waals surface area contributed by atoms with Gasteiger partial charge in [0.15, 0.2) is 11.9 Å². The summed E-state index contributed by atoms with van der Waals surface area (Å²) in [6.07, 6.45) is -0.306. The number of rotatable bonds is 4. The summed E-state index contributed by atoms with van der Waals surface area (Å²) in [5.41, 5.74) is 4.16. The number of hydrogen-bond donors (Lipinski definition) is 1. The van der Waals surface area contributed by atoms with E-state index in [4.69, 9.17) is 9.26 Å². The molecule has 164 valence electrons. The maximum absolute atomic E-state index is 13.9. The first-order valence-electron chi connectivity index (χ1n) is 10.6. The van der Waals surface area contributed by atoms with Gasteiger partial charge in [-0.15, -0.1) is 0 Å². The Morgan fingerprint density at radius 3 is 2.91 bits per heavy atom. The highest BCUT2D eigenvalue weighted by Gasteiger charge is 2.31. The van der Waals surface area contributed by atoms with Gasteiger partial charge in [0.2, 0.25) is 0 Å². The zero-order valence-corrected chi connectivity index (χ0v) is 17.9. The van der Waals surface area contributed by atoms with E-state index in [1.165, 1.54) is 6.07 Å². The second-order valence-electron chi connectivity index (χ2n) is 8.03. The molecule has 2 aromatic heterocycles. The molecule has 1 atom stereocenters. The molecule has 7 nitrogen and oxygen atoms in total. The third-order valence-corrected chi connectivity index (χ3v) is 5.99. The van der Waals surface area contributed by atoms with Crippen LogP contribution in [0.1, 0.15) is 45.0 Å². The van der Waals surface area contributed by atoms with Crippen LogP contribution < -0.4 is 0 Å². The number of carbonyl (C=O) groups is 1. The fourth-order valence-corrected chi connectivity index (χ4v) is 4.10. The minimum absolute atomic E-state index is 0.0729. The molecule has 0 aliphatic carbocycles. The number of halogens is 1. The Morgan fingerprint density at radius 2 is 2.06 bits per heavy atom. The van der Waals surface area contributed by atoms with Crippen molar-refractivity contribution >= 4 is 16.8 Å². The number of hydrogen-bond acceptors (Lipinski definition) is 5. The lowest BCUT2D eigenvalue weighted by Crippen LogP contribution is -2.42. The van der Waals surface area contributed by atoms with Crippen LogP contribution in [0.2, 0.25) is 0 Å². The summed E-state index contributed by atoms with van der Waals surface area (Å²) in [5, 5.41) is 5.02. The lowest BCUT2D eigenvalue weighted by molar-refractivity contribution is -0.0366. The molecule has 1 amide bonds. The van der Waals surface area contributed by atoms with Crippen molar-refractivity contribution in [3.63, 3.8) is 0 Å². The second kappa shape index (κ2) is 8.20. The number of H-pyrrole nitrogens is 1. The van der Waals surface area contributed by atoms with Crippen LogP contribution in [0.5, 0.6) is 0 Å². The van der Waals surface area contributed by atoms with E-state index in [1.807, 2.05) is 32.0 Å². The zero-order valence-electron chi connectivity index (χ0n) is 17.9. The van der Waals surface area contributed by atoms with Crippen molar-refractivity contribution in [3.05, 3.63) is 82.4 Å². The van der Waals surface area contributed by atoms with Gasteiger partial charge in [0.05, 0.1) is 24.2 Å². The molecular formula is C24H23FN4O3. The number of aryl methyl sites for hydroxylation is 2. The van der Waals surface area contributed by atoms with Gasteiger partial charge in [-0.25, -0.2) is 4.39 Å². The van der Waals surface area contributed by atoms with Gasteiger partial charge < -0.3 is 19.1 Å². The Kier molecular flexibility index (Phi) is 5.22. The molecule has 0 spiro atoms. The molecule has 0 bridgehead atoms. The lowest BCUT2D eigenvalue weighted by Gasteiger charge is -2.31. The van der Waals surface area contributed by atoms with Gasteiger partial charge in [-0.3, -0.25) is 4.79 Å². The predicted octanol–water partition coefficient (Wildman–Crippen LogP) is 4.11. The van der Waals surface area contributed by atoms with E-state index in [-0.39, 0.29) is 18.1 Å². The van der Waals surface area contributed by atoms with Crippen LogP contribution in [0.3, 0.4) is 0 Å². The van der Waals surface area contributed by atoms with Gasteiger partial charge in [-0.05, 0) is 37.1 Å². The number of carbonyl (C=O) groups excluding carboxylic acids is 1. The van der Waals surface area contributed by atoms with Crippen molar-refractivity contribution in [3.8, 4) is 0 Å². The van der Waals surface area contributed by atoms with Crippen molar-refractivity contribution in [2.45, 2.75) is 26.4 Å². The second-order valence-corrected chi connectivity index (χ2v) is 8.03. The number of ether oxygens (including phenoxy) is 1. The van der Waals surface area contributed by atoms with Crippen LogP contribution in [-0.4, -0.2) is 45.6 Å². The number of aromatic amines is 1. The Labute approximate surface area is 184 Å². The van der Waals surface area contributed by atoms with E-state index in [1.54, 1.807) is 23.1 Å². The summed E-state index contributed by atoms with van der Waals surface area (Å²) in [7, 11) is 0. The standard InChI is InChI=1S/C24H23FN4O3/c1-14-15(2)26-22-17(14)7-5-8-18(22)24(30)29-10-11-31-20(13-29)23-27-21(28-32-23)12-16-6-3-4-9-19(16)25/h3-9,20,26H,10-13H2,1-2H3/t20-/m0/s1. The quantitative estimate of drug-likeness (QED) is 0.523. The summed E-state index contributed by atoms with van der Waals surface area (Å²) in [5.74, 6) is 0.280. The highest BCUT2D eigenvalue weighted by molar-refractivity contribution is 6.06. The first-order chi connectivity index (χ1) is 15.5. The fraction of sp³-hybridized carbons (Fsp3) is 0.292. The Bertz CT molecular complexity index is 1300. The molecule has 0 saturated carbocycles. The van der Waals surface area contributed by atoms with Gasteiger partial charge in [-0.2, -0.15) is 4.98 Å². The van der Waals surface area contributed by atoms with Gasteiger partial charge in [0.25, 0.3) is 11.8 Å². The predicted molar refractivity (Wildman–Crippen MR) is 116 cm³/mol. The topological polar surface area (TPSA) is 84.2 Å². The normalized spacial score (nSPS) is 16.6. The molecule has 0 unspecified atom stereocenters. The van der Waals surface area contributed by atoms with E-state index >= 15 is 0 Å². The van der Waals surface area contributed by atoms with E-state index < -0.39 is 6.10 Å². The van der Waals surface area contributed by atoms with Gasteiger partial charge in [0, 0.05) is 24.0 Å². The monoisotopic (exact) mass is 434 g/mol. The third kappa shape index (κ3) is 3.67. The van der Waals surface area contributed by atoms with Crippen LogP contribution in [0.25, 0.3) is 10.9 Å². The molecule has 4 aromatic rings. The molecule has 1 aliphatic rings. The number of amides is 1. The molecule has 1 saturated heterocycles. The molecule has 1 N–H and O–H groups in total. The molecule has 2 aromatic carbocycles. The first kappa shape index (κ1) is 20.4. The van der Waals surface area contributed by atoms with Gasteiger partial charge in [-0.1, -0.05) is 35.5 Å². The van der Waals surface area contributed by atoms with E-state index in [9.17, 15) is 9.18 Å². The van der Waals surface area contributed by atoms with E-state index in [0.717, 1.165) is 22.2 Å². The van der Waals surface area contributed by atoms with Crippen LogP contribution in [0.15, 0.2) is 47.0 Å². The number of fused-ring (bicyclic) bond motifs is 1. The van der Waals surface area contributed by atoms with Crippen molar-refractivity contribution in [2.24, 2.45) is 0 Å². The van der Waals surface area contributed by atoms with Crippen molar-refractivity contribution < 1.29 is 18.4 Å². The largest absolute Gasteiger partial charge is 0.365 e. The lowest BCUT2D eigenvalue weighted by atomic mass is 10.1. The maximum atomic E-state index is 13.9. The highest BCUT2D eigenvalue weighted by Crippen LogP contribution is 2.27. The van der Waals surface area contributed by atoms with Crippen LogP contribution in [0, 0.1) is 19.7 Å². The van der Waals surface area contributed by atoms with Crippen LogP contribution >= 0.6 is 0 Å². The Morgan fingerprint density at radius 1 is 1.22 bits per heavy atom. The minimum atomic E-state index is -0.527. The minimum Gasteiger partial charge on any atom is -0.365 e. The third-order valence-electron chi connectivity index (χ3n) is 5.99. The number of nitrogens with zero attached hydrogens (tertiary/aromatic N) is 3. The molecule has 8 heteroatoms. The van der Waals surface area contributed by atoms with Crippen molar-refractivity contribution in [2.75, 3.05) is 19.7 Å². The van der Waals surface area contributed by atoms with E-state index in [2.05, 4.69) is 15.1 Å². The molecule has 32 heavy (non-hydrogen) atoms. The SMILES string of the molecule is Cc1[nH]c2c(C(=O)N3CCO[C@H](c4nc(Cc5ccccc5F)no4)C3)cccc2c1C. The Balaban J connectivity index is 1.34. The summed E-state index contributed by atoms with van der Waals surface area (Å²) >= 11 is 0. The summed E-state index contributed by atoms with van der Waals surface area (Å²) in [4.78, 5) is 22.8. The van der Waals surface area contributed by atoms with Crippen molar-refractivity contribution in [1.29, 1.82) is 0 Å². The maximum Gasteiger partial charge on any atom is 0.257 e. The smallest absolute Gasteiger partial charge is 0.257 e. The fourth-order valence-electron chi connectivity index (χ4n) is 4.10. The first-order valence-corrected chi connectivity index (χ1v) is 10.6. The van der Waals surface area contributed by atoms with Gasteiger partial charge in [0.1, 0.15) is 5.82 Å². The molecule has 0 radical (unpaired) electrons. The zero-order chi connectivity index (χ0) is 22.2. The number of benzene rings is 2. The average Bonchev–Trinajstić information content (AvgIpc) is 3.39. The summed E-state index contributed by atoms with van der Waals surface area (Å²) < 4.78 is 25.1. The van der Waals surface area contributed by atoms with Crippen molar-refractivity contribution in [1.82, 2.24) is 20.0 Å². The summed E-state index contributed by atoms with van der Waals surface area (Å²) in [6.45, 7) is 5.18. The number of nitrogens with one attached hydrogen (secondary N) is 1. The molecule has 3 heterocycles. The number of aromatic nitrogens is 3. The average molecular weight is 434 g/mol. The van der Waals surface area contributed by atoms with E-state index in [0.29, 0.717) is 42.5 Å². The summed E-state index contributed by atoms with van der Waals surface area (Å²) in [6, 6.07) is 12.2. The van der Waals surface area contributed by atoms with Gasteiger partial charge >= 0.3 is 0 Å². The molecular weight excluding hydrogens is 411 g/mol. The van der Waals surface area contributed by atoms with Crippen LogP contribution in [0.4, 0.5) is 4.39 Å².